The molecule has 0 saturated heterocycles. The maximum absolute atomic E-state index is 4.35. The molecule has 0 aromatic rings. The van der Waals surface area contributed by atoms with Gasteiger partial charge in [0.1, 0.15) is 5.70 Å². The SMILES string of the molecule is C=C=C(CN=C=S)N=C=S. The fourth-order valence-corrected chi connectivity index (χ4v) is 0.468. The third-order valence-corrected chi connectivity index (χ3v) is 0.898. The minimum atomic E-state index is 0.316. The predicted octanol–water partition coefficient (Wildman–Crippen LogP) is 1.86. The Kier molecular flexibility index (Phi) is 5.69. The molecule has 0 bridgehead atoms. The number of hydrogen-bond acceptors (Lipinski definition) is 4. The predicted molar refractivity (Wildman–Crippen MR) is 47.6 cm³/mol. The quantitative estimate of drug-likeness (QED) is 0.365. The van der Waals surface area contributed by atoms with Gasteiger partial charge in [0.2, 0.25) is 0 Å². The first-order valence-corrected chi connectivity index (χ1v) is 3.17. The molecule has 0 amide bonds. The van der Waals surface area contributed by atoms with Gasteiger partial charge in [-0.2, -0.15) is 4.99 Å². The Morgan fingerprint density at radius 1 is 1.40 bits per heavy atom. The van der Waals surface area contributed by atoms with Gasteiger partial charge in [-0.25, -0.2) is 4.99 Å². The second kappa shape index (κ2) is 6.24. The highest BCUT2D eigenvalue weighted by Crippen LogP contribution is 1.91. The standard InChI is InChI=1S/C6H4N2S2/c1-2-6(8-5-10)3-7-4-9/h1,3H2. The Hall–Kier alpha value is -0.880. The molecule has 0 spiro atoms. The van der Waals surface area contributed by atoms with E-state index in [0.717, 1.165) is 0 Å². The van der Waals surface area contributed by atoms with Crippen LogP contribution in [0.1, 0.15) is 0 Å². The van der Waals surface area contributed by atoms with Crippen molar-refractivity contribution in [3.8, 4) is 0 Å². The molecule has 0 fully saturated rings. The van der Waals surface area contributed by atoms with Gasteiger partial charge in [-0.1, -0.05) is 6.58 Å². The molecule has 0 heterocycles. The van der Waals surface area contributed by atoms with Crippen molar-refractivity contribution in [3.05, 3.63) is 18.0 Å². The van der Waals surface area contributed by atoms with Crippen molar-refractivity contribution >= 4 is 34.8 Å². The Morgan fingerprint density at radius 2 is 2.10 bits per heavy atom. The summed E-state index contributed by atoms with van der Waals surface area (Å²) in [5.41, 5.74) is 3.05. The third-order valence-electron chi connectivity index (χ3n) is 0.678. The lowest BCUT2D eigenvalue weighted by atomic mass is 10.5. The first-order valence-electron chi connectivity index (χ1n) is 2.35. The minimum absolute atomic E-state index is 0.316. The second-order valence-electron chi connectivity index (χ2n) is 1.23. The summed E-state index contributed by atoms with van der Waals surface area (Å²) in [7, 11) is 0. The van der Waals surface area contributed by atoms with Gasteiger partial charge in [-0.15, -0.1) is 5.73 Å². The van der Waals surface area contributed by atoms with Crippen molar-refractivity contribution in [2.24, 2.45) is 9.98 Å². The zero-order valence-corrected chi connectivity index (χ0v) is 6.76. The average Bonchev–Trinajstić information content (AvgIpc) is 1.98. The largest absolute Gasteiger partial charge is 0.225 e. The first kappa shape index (κ1) is 9.12. The van der Waals surface area contributed by atoms with Gasteiger partial charge in [0, 0.05) is 0 Å². The molecular formula is C6H4N2S2. The maximum atomic E-state index is 4.35. The van der Waals surface area contributed by atoms with E-state index in [-0.39, 0.29) is 0 Å². The summed E-state index contributed by atoms with van der Waals surface area (Å²) in [5.74, 6) is 0. The maximum Gasteiger partial charge on any atom is 0.115 e. The normalized spacial score (nSPS) is 6.40. The van der Waals surface area contributed by atoms with Crippen molar-refractivity contribution in [3.63, 3.8) is 0 Å². The van der Waals surface area contributed by atoms with E-state index in [0.29, 0.717) is 12.2 Å². The fourth-order valence-electron chi connectivity index (χ4n) is 0.293. The van der Waals surface area contributed by atoms with E-state index in [1.807, 2.05) is 0 Å². The van der Waals surface area contributed by atoms with Crippen LogP contribution in [-0.4, -0.2) is 16.9 Å². The van der Waals surface area contributed by atoms with Crippen LogP contribution in [0, 0.1) is 0 Å². The van der Waals surface area contributed by atoms with Crippen LogP contribution in [0.25, 0.3) is 0 Å². The third kappa shape index (κ3) is 4.04. The van der Waals surface area contributed by atoms with Crippen molar-refractivity contribution in [2.45, 2.75) is 0 Å². The lowest BCUT2D eigenvalue weighted by Gasteiger charge is -1.83. The number of nitrogens with zero attached hydrogens (tertiary/aromatic N) is 2. The molecule has 0 aliphatic rings. The molecule has 0 N–H and O–H groups in total. The lowest BCUT2D eigenvalue weighted by molar-refractivity contribution is 1.13. The Labute approximate surface area is 69.7 Å². The average molecular weight is 168 g/mol. The highest BCUT2D eigenvalue weighted by atomic mass is 32.1. The topological polar surface area (TPSA) is 24.7 Å². The monoisotopic (exact) mass is 168 g/mol. The molecule has 0 aliphatic heterocycles. The number of rotatable bonds is 3. The summed E-state index contributed by atoms with van der Waals surface area (Å²) >= 11 is 8.69. The van der Waals surface area contributed by atoms with Gasteiger partial charge >= 0.3 is 0 Å². The van der Waals surface area contributed by atoms with Crippen LogP contribution in [-0.2, 0) is 0 Å². The van der Waals surface area contributed by atoms with Gasteiger partial charge in [0.05, 0.1) is 16.9 Å². The molecule has 10 heavy (non-hydrogen) atoms. The van der Waals surface area contributed by atoms with Crippen LogP contribution in [0.2, 0.25) is 0 Å². The summed E-state index contributed by atoms with van der Waals surface area (Å²) < 4.78 is 0. The van der Waals surface area contributed by atoms with E-state index in [1.165, 1.54) is 0 Å². The Morgan fingerprint density at radius 3 is 2.50 bits per heavy atom. The lowest BCUT2D eigenvalue weighted by Crippen LogP contribution is -1.80. The molecule has 0 atom stereocenters. The van der Waals surface area contributed by atoms with Crippen molar-refractivity contribution < 1.29 is 0 Å². The number of aliphatic imine (C=N–C) groups is 2. The highest BCUT2D eigenvalue weighted by Gasteiger charge is 1.85. The van der Waals surface area contributed by atoms with Gasteiger partial charge < -0.3 is 0 Å². The summed E-state index contributed by atoms with van der Waals surface area (Å²) in [5, 5.41) is 4.36. The molecule has 0 aliphatic carbocycles. The molecule has 0 rings (SSSR count). The summed E-state index contributed by atoms with van der Waals surface area (Å²) in [6.45, 7) is 3.68. The van der Waals surface area contributed by atoms with E-state index in [9.17, 15) is 0 Å². The number of isothiocyanates is 2. The molecule has 0 unspecified atom stereocenters. The van der Waals surface area contributed by atoms with Gasteiger partial charge in [-0.05, 0) is 24.4 Å². The van der Waals surface area contributed by atoms with Crippen molar-refractivity contribution in [1.82, 2.24) is 0 Å². The van der Waals surface area contributed by atoms with E-state index < -0.39 is 0 Å². The summed E-state index contributed by atoms with van der Waals surface area (Å²) in [6, 6.07) is 0. The van der Waals surface area contributed by atoms with E-state index in [1.54, 1.807) is 0 Å². The van der Waals surface area contributed by atoms with Crippen molar-refractivity contribution in [1.29, 1.82) is 0 Å². The Bertz CT molecular complexity index is 251. The number of thiocarbonyl (C=S) groups is 2. The van der Waals surface area contributed by atoms with E-state index in [2.05, 4.69) is 57.1 Å². The highest BCUT2D eigenvalue weighted by molar-refractivity contribution is 7.78. The van der Waals surface area contributed by atoms with Crippen LogP contribution < -0.4 is 0 Å². The molecular weight excluding hydrogens is 164 g/mol. The van der Waals surface area contributed by atoms with E-state index >= 15 is 0 Å². The summed E-state index contributed by atoms with van der Waals surface area (Å²) in [6.07, 6.45) is 0. The molecule has 4 heteroatoms. The second-order valence-corrected chi connectivity index (χ2v) is 1.60. The van der Waals surface area contributed by atoms with Crippen LogP contribution >= 0.6 is 24.4 Å². The zero-order chi connectivity index (χ0) is 7.82. The molecule has 0 saturated carbocycles. The van der Waals surface area contributed by atoms with Gasteiger partial charge in [-0.3, -0.25) is 0 Å². The van der Waals surface area contributed by atoms with Crippen LogP contribution in [0.3, 0.4) is 0 Å². The molecule has 2 nitrogen and oxygen atoms in total. The minimum Gasteiger partial charge on any atom is -0.225 e. The van der Waals surface area contributed by atoms with E-state index in [4.69, 9.17) is 0 Å². The van der Waals surface area contributed by atoms with Gasteiger partial charge in [0.15, 0.2) is 0 Å². The van der Waals surface area contributed by atoms with Crippen LogP contribution in [0.4, 0.5) is 0 Å². The van der Waals surface area contributed by atoms with Crippen LogP contribution in [0.15, 0.2) is 28.0 Å². The Balaban J connectivity index is 4.25. The number of hydrogen-bond donors (Lipinski definition) is 0. The van der Waals surface area contributed by atoms with Gasteiger partial charge in [0.25, 0.3) is 0 Å². The zero-order valence-electron chi connectivity index (χ0n) is 5.13. The molecule has 0 aromatic heterocycles. The fraction of sp³-hybridized carbons (Fsp3) is 0.167. The molecule has 50 valence electrons. The summed E-state index contributed by atoms with van der Waals surface area (Å²) in [4.78, 5) is 7.21. The first-order chi connectivity index (χ1) is 4.85. The molecule has 0 aromatic carbocycles. The van der Waals surface area contributed by atoms with Crippen molar-refractivity contribution in [2.75, 3.05) is 6.54 Å². The smallest absolute Gasteiger partial charge is 0.115 e. The van der Waals surface area contributed by atoms with Crippen LogP contribution in [0.5, 0.6) is 0 Å². The molecule has 0 radical (unpaired) electrons.